The van der Waals surface area contributed by atoms with E-state index in [1.807, 2.05) is 0 Å². The third-order valence-corrected chi connectivity index (χ3v) is 4.32. The maximum atomic E-state index is 14.0. The van der Waals surface area contributed by atoms with Crippen LogP contribution >= 0.6 is 0 Å². The molecule has 1 atom stereocenters. The Hall–Kier alpha value is -3.20. The molecule has 1 amide bonds. The maximum absolute atomic E-state index is 14.0. The number of amides is 1. The Balaban J connectivity index is 1.98. The average molecular weight is 422 g/mol. The summed E-state index contributed by atoms with van der Waals surface area (Å²) in [5.41, 5.74) is -1.21. The van der Waals surface area contributed by atoms with Crippen LogP contribution in [0.15, 0.2) is 54.7 Å². The highest BCUT2D eigenvalue weighted by atomic mass is 19.4. The van der Waals surface area contributed by atoms with Crippen LogP contribution in [0.25, 0.3) is 10.9 Å². The molecule has 1 aromatic heterocycles. The van der Waals surface area contributed by atoms with Gasteiger partial charge >= 0.3 is 6.36 Å². The van der Waals surface area contributed by atoms with Gasteiger partial charge in [0.25, 0.3) is 5.91 Å². The first kappa shape index (κ1) is 21.5. The lowest BCUT2D eigenvalue weighted by molar-refractivity contribution is -0.274. The molecule has 0 bridgehead atoms. The molecule has 2 N–H and O–H groups in total. The molecule has 0 saturated heterocycles. The molecule has 1 heterocycles. The molecular formula is C21H18F4N2O3. The monoisotopic (exact) mass is 422 g/mol. The maximum Gasteiger partial charge on any atom is 0.573 e. The quantitative estimate of drug-likeness (QED) is 0.594. The van der Waals surface area contributed by atoms with Crippen molar-refractivity contribution in [3.05, 3.63) is 71.7 Å². The minimum absolute atomic E-state index is 0.0671. The van der Waals surface area contributed by atoms with Crippen LogP contribution in [0, 0.1) is 5.82 Å². The Morgan fingerprint density at radius 3 is 2.53 bits per heavy atom. The number of aromatic nitrogens is 1. The number of aliphatic hydroxyl groups is 1. The fourth-order valence-electron chi connectivity index (χ4n) is 3.10. The molecule has 9 heteroatoms. The van der Waals surface area contributed by atoms with E-state index in [0.29, 0.717) is 5.39 Å². The predicted octanol–water partition coefficient (Wildman–Crippen LogP) is 4.51. The molecule has 0 spiro atoms. The molecule has 0 radical (unpaired) electrons. The van der Waals surface area contributed by atoms with E-state index in [-0.39, 0.29) is 16.6 Å². The molecule has 1 unspecified atom stereocenters. The van der Waals surface area contributed by atoms with Crippen molar-refractivity contribution in [2.45, 2.75) is 31.9 Å². The minimum Gasteiger partial charge on any atom is -0.406 e. The molecule has 2 aromatic carbocycles. The number of pyridine rings is 1. The average Bonchev–Trinajstić information content (AvgIpc) is 2.63. The highest BCUT2D eigenvalue weighted by Gasteiger charge is 2.34. The van der Waals surface area contributed by atoms with E-state index in [1.54, 1.807) is 12.1 Å². The number of fused-ring (bicyclic) bond motifs is 1. The zero-order valence-corrected chi connectivity index (χ0v) is 16.0. The lowest BCUT2D eigenvalue weighted by Crippen LogP contribution is -2.42. The Bertz CT molecular complexity index is 1080. The molecule has 0 saturated carbocycles. The van der Waals surface area contributed by atoms with E-state index >= 15 is 0 Å². The van der Waals surface area contributed by atoms with Crippen LogP contribution in [-0.4, -0.2) is 28.0 Å². The van der Waals surface area contributed by atoms with Crippen molar-refractivity contribution >= 4 is 16.8 Å². The molecule has 3 rings (SSSR count). The summed E-state index contributed by atoms with van der Waals surface area (Å²) in [5, 5.41) is 13.5. The number of alkyl halides is 3. The highest BCUT2D eigenvalue weighted by Crippen LogP contribution is 2.31. The van der Waals surface area contributed by atoms with Crippen LogP contribution in [0.4, 0.5) is 17.6 Å². The normalized spacial score (nSPS) is 13.2. The van der Waals surface area contributed by atoms with E-state index in [0.717, 1.165) is 18.2 Å². The summed E-state index contributed by atoms with van der Waals surface area (Å²) in [6, 6.07) is 9.21. The lowest BCUT2D eigenvalue weighted by atomic mass is 9.91. The van der Waals surface area contributed by atoms with Crippen LogP contribution in [-0.2, 0) is 0 Å². The van der Waals surface area contributed by atoms with Gasteiger partial charge in [0.15, 0.2) is 0 Å². The van der Waals surface area contributed by atoms with Gasteiger partial charge in [-0.05, 0) is 49.7 Å². The van der Waals surface area contributed by atoms with Gasteiger partial charge < -0.3 is 15.2 Å². The molecule has 5 nitrogen and oxygen atoms in total. The van der Waals surface area contributed by atoms with Crippen LogP contribution in [0.2, 0.25) is 0 Å². The van der Waals surface area contributed by atoms with Crippen molar-refractivity contribution in [1.82, 2.24) is 10.3 Å². The third-order valence-electron chi connectivity index (χ3n) is 4.32. The summed E-state index contributed by atoms with van der Waals surface area (Å²) in [5.74, 6) is -1.89. The van der Waals surface area contributed by atoms with Crippen molar-refractivity contribution in [3.8, 4) is 5.75 Å². The second-order valence-corrected chi connectivity index (χ2v) is 7.21. The first-order valence-corrected chi connectivity index (χ1v) is 8.87. The zero-order valence-electron chi connectivity index (χ0n) is 16.0. The first-order valence-electron chi connectivity index (χ1n) is 8.87. The summed E-state index contributed by atoms with van der Waals surface area (Å²) in [7, 11) is 0. The Kier molecular flexibility index (Phi) is 5.67. The zero-order chi connectivity index (χ0) is 22.1. The van der Waals surface area contributed by atoms with Gasteiger partial charge in [-0.2, -0.15) is 0 Å². The molecule has 30 heavy (non-hydrogen) atoms. The predicted molar refractivity (Wildman–Crippen MR) is 101 cm³/mol. The molecular weight excluding hydrogens is 404 g/mol. The topological polar surface area (TPSA) is 71.5 Å². The smallest absolute Gasteiger partial charge is 0.406 e. The van der Waals surface area contributed by atoms with Crippen molar-refractivity contribution in [1.29, 1.82) is 0 Å². The Labute approximate surface area is 169 Å². The van der Waals surface area contributed by atoms with Crippen LogP contribution in [0.3, 0.4) is 0 Å². The second kappa shape index (κ2) is 7.91. The molecule has 0 aliphatic rings. The Morgan fingerprint density at radius 1 is 1.13 bits per heavy atom. The number of carbonyl (C=O) groups excluding carboxylic acids is 1. The molecule has 158 valence electrons. The van der Waals surface area contributed by atoms with E-state index in [1.165, 1.54) is 38.2 Å². The number of rotatable bonds is 5. The number of ether oxygens (including phenoxy) is 1. The summed E-state index contributed by atoms with van der Waals surface area (Å²) < 4.78 is 55.5. The summed E-state index contributed by atoms with van der Waals surface area (Å²) in [6.07, 6.45) is -3.44. The van der Waals surface area contributed by atoms with E-state index in [4.69, 9.17) is 0 Å². The number of halogens is 4. The summed E-state index contributed by atoms with van der Waals surface area (Å²) >= 11 is 0. The van der Waals surface area contributed by atoms with Crippen LogP contribution in [0.1, 0.15) is 35.8 Å². The van der Waals surface area contributed by atoms with E-state index < -0.39 is 35.5 Å². The number of nitrogens with one attached hydrogen (secondary N) is 1. The number of hydrogen-bond acceptors (Lipinski definition) is 4. The standard InChI is InChI=1S/C21H18F4N2O3/c1-20(2,29)18(13-5-3-7-15(10-13)30-21(23,24)25)27-19(28)16-11-14(22)9-12-6-4-8-26-17(12)16/h3-11,18,29H,1-2H3,(H,27,28). The fourth-order valence-corrected chi connectivity index (χ4v) is 3.10. The number of benzene rings is 2. The molecule has 0 aliphatic heterocycles. The van der Waals surface area contributed by atoms with Gasteiger partial charge in [-0.3, -0.25) is 9.78 Å². The van der Waals surface area contributed by atoms with Gasteiger partial charge in [0.2, 0.25) is 0 Å². The number of nitrogens with zero attached hydrogens (tertiary/aromatic N) is 1. The molecule has 3 aromatic rings. The van der Waals surface area contributed by atoms with Crippen molar-refractivity contribution in [2.24, 2.45) is 0 Å². The SMILES string of the molecule is CC(C)(O)C(NC(=O)c1cc(F)cc2cccnc12)c1cccc(OC(F)(F)F)c1. The number of carbonyl (C=O) groups is 1. The summed E-state index contributed by atoms with van der Waals surface area (Å²) in [4.78, 5) is 17.0. The van der Waals surface area contributed by atoms with Crippen molar-refractivity contribution < 1.29 is 32.2 Å². The minimum atomic E-state index is -4.89. The van der Waals surface area contributed by atoms with Crippen molar-refractivity contribution in [3.63, 3.8) is 0 Å². The fraction of sp³-hybridized carbons (Fsp3) is 0.238. The van der Waals surface area contributed by atoms with Gasteiger partial charge in [0.05, 0.1) is 22.7 Å². The molecule has 0 fully saturated rings. The van der Waals surface area contributed by atoms with Crippen LogP contribution in [0.5, 0.6) is 5.75 Å². The van der Waals surface area contributed by atoms with Crippen molar-refractivity contribution in [2.75, 3.05) is 0 Å². The lowest BCUT2D eigenvalue weighted by Gasteiger charge is -2.31. The highest BCUT2D eigenvalue weighted by molar-refractivity contribution is 6.05. The van der Waals surface area contributed by atoms with E-state index in [2.05, 4.69) is 15.0 Å². The third kappa shape index (κ3) is 5.04. The van der Waals surface area contributed by atoms with Gasteiger partial charge in [-0.25, -0.2) is 4.39 Å². The van der Waals surface area contributed by atoms with Gasteiger partial charge in [-0.15, -0.1) is 13.2 Å². The largest absolute Gasteiger partial charge is 0.573 e. The second-order valence-electron chi connectivity index (χ2n) is 7.21. The van der Waals surface area contributed by atoms with Gasteiger partial charge in [0.1, 0.15) is 11.6 Å². The van der Waals surface area contributed by atoms with E-state index in [9.17, 15) is 27.5 Å². The van der Waals surface area contributed by atoms with Gasteiger partial charge in [-0.1, -0.05) is 18.2 Å². The van der Waals surface area contributed by atoms with Gasteiger partial charge in [0, 0.05) is 11.6 Å². The van der Waals surface area contributed by atoms with Crippen LogP contribution < -0.4 is 10.1 Å². The first-order chi connectivity index (χ1) is 13.9. The molecule has 0 aliphatic carbocycles. The number of hydrogen-bond donors (Lipinski definition) is 2. The summed E-state index contributed by atoms with van der Waals surface area (Å²) in [6.45, 7) is 2.77. The Morgan fingerprint density at radius 2 is 1.87 bits per heavy atom.